The van der Waals surface area contributed by atoms with Gasteiger partial charge >= 0.3 is 5.97 Å². The maximum absolute atomic E-state index is 10.5. The molecule has 0 fully saturated rings. The second-order valence-corrected chi connectivity index (χ2v) is 2.49. The predicted molar refractivity (Wildman–Crippen MR) is 44.4 cm³/mol. The number of aromatic carboxylic acids is 1. The lowest BCUT2D eigenvalue weighted by molar-refractivity contribution is 0.0696. The van der Waals surface area contributed by atoms with Crippen molar-refractivity contribution in [3.8, 4) is 11.5 Å². The van der Waals surface area contributed by atoms with Crippen molar-refractivity contribution in [3.63, 3.8) is 0 Å². The molecule has 0 bridgehead atoms. The topological polar surface area (TPSA) is 105 Å². The fourth-order valence-electron chi connectivity index (χ4n) is 0.928. The lowest BCUT2D eigenvalue weighted by Crippen LogP contribution is -1.97. The van der Waals surface area contributed by atoms with Crippen LogP contribution in [0.1, 0.15) is 10.4 Å². The first-order valence-corrected chi connectivity index (χ1v) is 3.71. The fraction of sp³-hybridized carbons (Fsp3) is 0. The Morgan fingerprint density at radius 3 is 2.79 bits per heavy atom. The first-order chi connectivity index (χ1) is 6.77. The zero-order valence-corrected chi connectivity index (χ0v) is 6.88. The van der Waals surface area contributed by atoms with Crippen LogP contribution in [0.15, 0.2) is 18.3 Å². The van der Waals surface area contributed by atoms with Crippen molar-refractivity contribution in [2.24, 2.45) is 0 Å². The third kappa shape index (κ3) is 1.42. The summed E-state index contributed by atoms with van der Waals surface area (Å²) in [5.41, 5.74) is 0.626. The number of H-pyrrole nitrogens is 1. The van der Waals surface area contributed by atoms with Crippen LogP contribution < -0.4 is 0 Å². The Morgan fingerprint density at radius 1 is 1.43 bits per heavy atom. The first kappa shape index (κ1) is 8.30. The molecule has 0 aliphatic heterocycles. The Balaban J connectivity index is 2.36. The number of aromatic amines is 1. The van der Waals surface area contributed by atoms with Gasteiger partial charge in [0.2, 0.25) is 0 Å². The highest BCUT2D eigenvalue weighted by atomic mass is 16.4. The quantitative estimate of drug-likeness (QED) is 0.690. The molecule has 7 heteroatoms. The maximum Gasteiger partial charge on any atom is 0.337 e. The van der Waals surface area contributed by atoms with Gasteiger partial charge < -0.3 is 5.11 Å². The van der Waals surface area contributed by atoms with Crippen LogP contribution in [-0.2, 0) is 0 Å². The second-order valence-electron chi connectivity index (χ2n) is 2.49. The molecule has 0 saturated heterocycles. The molecule has 2 aromatic heterocycles. The van der Waals surface area contributed by atoms with E-state index in [1.165, 1.54) is 18.3 Å². The molecular weight excluding hydrogens is 186 g/mol. The average molecular weight is 191 g/mol. The number of tetrazole rings is 1. The minimum atomic E-state index is -1.01. The lowest BCUT2D eigenvalue weighted by Gasteiger charge is -1.95. The molecule has 0 aliphatic carbocycles. The van der Waals surface area contributed by atoms with E-state index in [0.717, 1.165) is 0 Å². The van der Waals surface area contributed by atoms with E-state index in [0.29, 0.717) is 11.5 Å². The van der Waals surface area contributed by atoms with Gasteiger partial charge in [0.25, 0.3) is 0 Å². The molecule has 0 aliphatic rings. The average Bonchev–Trinajstić information content (AvgIpc) is 2.71. The van der Waals surface area contributed by atoms with Crippen molar-refractivity contribution >= 4 is 5.97 Å². The van der Waals surface area contributed by atoms with E-state index >= 15 is 0 Å². The number of carboxylic acid groups (broad SMARTS) is 1. The van der Waals surface area contributed by atoms with E-state index in [1.54, 1.807) is 0 Å². The normalized spacial score (nSPS) is 10.0. The van der Waals surface area contributed by atoms with Gasteiger partial charge in [-0.15, -0.1) is 5.10 Å². The van der Waals surface area contributed by atoms with E-state index in [9.17, 15) is 4.79 Å². The van der Waals surface area contributed by atoms with Crippen molar-refractivity contribution in [2.45, 2.75) is 0 Å². The minimum Gasteiger partial charge on any atom is -0.478 e. The molecule has 2 aromatic rings. The number of aromatic nitrogens is 5. The summed E-state index contributed by atoms with van der Waals surface area (Å²) in [7, 11) is 0. The van der Waals surface area contributed by atoms with Gasteiger partial charge in [-0.25, -0.2) is 9.89 Å². The van der Waals surface area contributed by atoms with Gasteiger partial charge in [-0.05, 0) is 22.6 Å². The van der Waals surface area contributed by atoms with E-state index in [1.807, 2.05) is 0 Å². The minimum absolute atomic E-state index is 0.126. The van der Waals surface area contributed by atoms with Crippen LogP contribution in [0.2, 0.25) is 0 Å². The van der Waals surface area contributed by atoms with Gasteiger partial charge in [-0.3, -0.25) is 4.98 Å². The Morgan fingerprint density at radius 2 is 2.29 bits per heavy atom. The molecular formula is C7H5N5O2. The SMILES string of the molecule is O=C(O)c1ccc(-c2nnn[nH]2)nc1. The standard InChI is InChI=1S/C7H5N5O2/c13-7(14)4-1-2-5(8-3-4)6-9-11-12-10-6/h1-3H,(H,13,14)(H,9,10,11,12). The van der Waals surface area contributed by atoms with Crippen LogP contribution in [-0.4, -0.2) is 36.7 Å². The van der Waals surface area contributed by atoms with Crippen LogP contribution in [0, 0.1) is 0 Å². The highest BCUT2D eigenvalue weighted by Crippen LogP contribution is 2.09. The van der Waals surface area contributed by atoms with Gasteiger partial charge in [-0.1, -0.05) is 0 Å². The van der Waals surface area contributed by atoms with Crippen molar-refractivity contribution < 1.29 is 9.90 Å². The number of nitrogens with one attached hydrogen (secondary N) is 1. The Hall–Kier alpha value is -2.31. The maximum atomic E-state index is 10.5. The summed E-state index contributed by atoms with van der Waals surface area (Å²) in [4.78, 5) is 14.4. The molecule has 0 aromatic carbocycles. The highest BCUT2D eigenvalue weighted by molar-refractivity contribution is 5.87. The summed E-state index contributed by atoms with van der Waals surface area (Å²) in [6.45, 7) is 0. The Labute approximate surface area is 77.8 Å². The van der Waals surface area contributed by atoms with Crippen LogP contribution in [0.25, 0.3) is 11.5 Å². The van der Waals surface area contributed by atoms with Gasteiger partial charge in [-0.2, -0.15) is 0 Å². The van der Waals surface area contributed by atoms with Crippen molar-refractivity contribution in [3.05, 3.63) is 23.9 Å². The number of carboxylic acids is 1. The molecule has 7 nitrogen and oxygen atoms in total. The smallest absolute Gasteiger partial charge is 0.337 e. The molecule has 2 heterocycles. The molecule has 0 saturated carbocycles. The molecule has 0 atom stereocenters. The van der Waals surface area contributed by atoms with Crippen LogP contribution in [0.4, 0.5) is 0 Å². The van der Waals surface area contributed by atoms with Gasteiger partial charge in [0.15, 0.2) is 5.82 Å². The van der Waals surface area contributed by atoms with Crippen molar-refractivity contribution in [2.75, 3.05) is 0 Å². The largest absolute Gasteiger partial charge is 0.478 e. The molecule has 0 amide bonds. The zero-order chi connectivity index (χ0) is 9.97. The third-order valence-electron chi connectivity index (χ3n) is 1.60. The molecule has 14 heavy (non-hydrogen) atoms. The number of pyridine rings is 1. The molecule has 70 valence electrons. The summed E-state index contributed by atoms with van der Waals surface area (Å²) in [5, 5.41) is 21.5. The molecule has 2 rings (SSSR count). The number of rotatable bonds is 2. The van der Waals surface area contributed by atoms with E-state index in [4.69, 9.17) is 5.11 Å². The van der Waals surface area contributed by atoms with E-state index < -0.39 is 5.97 Å². The Kier molecular flexibility index (Phi) is 1.90. The molecule has 0 spiro atoms. The highest BCUT2D eigenvalue weighted by Gasteiger charge is 2.06. The molecule has 0 unspecified atom stereocenters. The summed E-state index contributed by atoms with van der Waals surface area (Å²) in [6.07, 6.45) is 1.25. The van der Waals surface area contributed by atoms with E-state index in [2.05, 4.69) is 25.6 Å². The van der Waals surface area contributed by atoms with Crippen LogP contribution in [0.5, 0.6) is 0 Å². The number of hydrogen-bond donors (Lipinski definition) is 2. The monoisotopic (exact) mass is 191 g/mol. The summed E-state index contributed by atoms with van der Waals surface area (Å²) >= 11 is 0. The summed E-state index contributed by atoms with van der Waals surface area (Å²) in [5.74, 6) is -0.610. The number of hydrogen-bond acceptors (Lipinski definition) is 5. The fourth-order valence-corrected chi connectivity index (χ4v) is 0.928. The summed E-state index contributed by atoms with van der Waals surface area (Å²) in [6, 6.07) is 2.97. The van der Waals surface area contributed by atoms with Crippen molar-refractivity contribution in [1.82, 2.24) is 25.6 Å². The molecule has 0 radical (unpaired) electrons. The third-order valence-corrected chi connectivity index (χ3v) is 1.60. The van der Waals surface area contributed by atoms with Crippen LogP contribution in [0.3, 0.4) is 0 Å². The second kappa shape index (κ2) is 3.21. The van der Waals surface area contributed by atoms with Gasteiger partial charge in [0.05, 0.1) is 5.56 Å². The summed E-state index contributed by atoms with van der Waals surface area (Å²) < 4.78 is 0. The van der Waals surface area contributed by atoms with Gasteiger partial charge in [0.1, 0.15) is 5.69 Å². The predicted octanol–water partition coefficient (Wildman–Crippen LogP) is -0.0401. The number of carbonyl (C=O) groups is 1. The first-order valence-electron chi connectivity index (χ1n) is 3.71. The Bertz CT molecular complexity index is 436. The lowest BCUT2D eigenvalue weighted by atomic mass is 10.2. The molecule has 2 N–H and O–H groups in total. The van der Waals surface area contributed by atoms with Gasteiger partial charge in [0, 0.05) is 6.20 Å². The van der Waals surface area contributed by atoms with Crippen molar-refractivity contribution in [1.29, 1.82) is 0 Å². The number of nitrogens with zero attached hydrogens (tertiary/aromatic N) is 4. The van der Waals surface area contributed by atoms with E-state index in [-0.39, 0.29) is 5.56 Å². The zero-order valence-electron chi connectivity index (χ0n) is 6.88. The van der Waals surface area contributed by atoms with Crippen LogP contribution >= 0.6 is 0 Å².